The van der Waals surface area contributed by atoms with Crippen molar-refractivity contribution in [2.45, 2.75) is 86.0 Å². The van der Waals surface area contributed by atoms with Gasteiger partial charge in [0.1, 0.15) is 6.10 Å². The number of nitrogens with zero attached hydrogens (tertiary/aromatic N) is 3. The molecule has 220 valence electrons. The van der Waals surface area contributed by atoms with E-state index in [-0.39, 0.29) is 11.5 Å². The summed E-state index contributed by atoms with van der Waals surface area (Å²) < 4.78 is 12.3. The van der Waals surface area contributed by atoms with Crippen LogP contribution >= 0.6 is 11.6 Å². The first-order valence-corrected chi connectivity index (χ1v) is 14.6. The molecule has 2 unspecified atom stereocenters. The zero-order valence-corrected chi connectivity index (χ0v) is 26.2. The Balaban J connectivity index is 1.76. The van der Waals surface area contributed by atoms with E-state index in [0.29, 0.717) is 22.2 Å². The molecule has 41 heavy (non-hydrogen) atoms. The molecule has 1 aliphatic heterocycles. The number of aryl methyl sites for hydroxylation is 2. The van der Waals surface area contributed by atoms with E-state index in [0.717, 1.165) is 53.9 Å². The molecule has 2 aromatic heterocycles. The summed E-state index contributed by atoms with van der Waals surface area (Å²) in [4.78, 5) is 24.2. The average Bonchev–Trinajstić information content (AvgIpc) is 2.87. The average molecular weight is 580 g/mol. The Morgan fingerprint density at radius 1 is 1.05 bits per heavy atom. The Hall–Kier alpha value is -3.16. The molecule has 0 spiro atoms. The van der Waals surface area contributed by atoms with Crippen molar-refractivity contribution in [3.05, 3.63) is 70.1 Å². The van der Waals surface area contributed by atoms with E-state index in [1.54, 1.807) is 6.20 Å². The lowest BCUT2D eigenvalue weighted by molar-refractivity contribution is -0.160. The number of carboxylic acids is 1. The summed E-state index contributed by atoms with van der Waals surface area (Å²) in [5.41, 5.74) is 5.28. The van der Waals surface area contributed by atoms with Crippen LogP contribution in [0.2, 0.25) is 5.02 Å². The third-order valence-corrected chi connectivity index (χ3v) is 8.03. The minimum Gasteiger partial charge on any atom is -0.479 e. The molecule has 1 saturated heterocycles. The molecule has 1 fully saturated rings. The summed E-state index contributed by atoms with van der Waals surface area (Å²) in [6.07, 6.45) is 4.12. The third kappa shape index (κ3) is 7.19. The van der Waals surface area contributed by atoms with E-state index in [4.69, 9.17) is 21.1 Å². The van der Waals surface area contributed by atoms with Crippen LogP contribution in [-0.2, 0) is 9.53 Å². The zero-order chi connectivity index (χ0) is 30.1. The monoisotopic (exact) mass is 579 g/mol. The van der Waals surface area contributed by atoms with Gasteiger partial charge in [-0.15, -0.1) is 0 Å². The molecule has 1 aliphatic rings. The number of piperidine rings is 1. The number of carboxylic acid groups (broad SMARTS) is 1. The fraction of sp³-hybridized carbons (Fsp3) is 0.485. The van der Waals surface area contributed by atoms with E-state index in [1.165, 1.54) is 0 Å². The predicted molar refractivity (Wildman–Crippen MR) is 164 cm³/mol. The van der Waals surface area contributed by atoms with Crippen molar-refractivity contribution in [1.82, 2.24) is 9.97 Å². The highest BCUT2D eigenvalue weighted by molar-refractivity contribution is 6.31. The molecule has 0 bridgehead atoms. The molecule has 4 rings (SSSR count). The maximum absolute atomic E-state index is 12.6. The van der Waals surface area contributed by atoms with Crippen LogP contribution in [0.1, 0.15) is 89.0 Å². The first-order valence-electron chi connectivity index (χ1n) is 14.2. The van der Waals surface area contributed by atoms with Crippen molar-refractivity contribution < 1.29 is 19.4 Å². The Morgan fingerprint density at radius 3 is 2.29 bits per heavy atom. The van der Waals surface area contributed by atoms with Gasteiger partial charge in [0.25, 0.3) is 0 Å². The quantitative estimate of drug-likeness (QED) is 0.288. The SMILES string of the molecule is Cc1cccc(Cl)c1C(C)Oc1ccc(-c2cnc(C)c(C(OC(C)(C)C)C(=O)O)c2N2CCC(C)(C)CC2)cn1. The lowest BCUT2D eigenvalue weighted by atomic mass is 9.82. The largest absolute Gasteiger partial charge is 0.479 e. The van der Waals surface area contributed by atoms with Crippen LogP contribution in [0.5, 0.6) is 5.88 Å². The van der Waals surface area contributed by atoms with Crippen molar-refractivity contribution >= 4 is 23.3 Å². The molecular formula is C33H42ClN3O4. The molecule has 3 heterocycles. The molecule has 1 aromatic carbocycles. The number of halogens is 1. The van der Waals surface area contributed by atoms with Gasteiger partial charge in [0.05, 0.1) is 11.3 Å². The first-order chi connectivity index (χ1) is 19.2. The zero-order valence-electron chi connectivity index (χ0n) is 25.4. The van der Waals surface area contributed by atoms with Crippen molar-refractivity contribution in [3.63, 3.8) is 0 Å². The number of hydrogen-bond donors (Lipinski definition) is 1. The Morgan fingerprint density at radius 2 is 1.73 bits per heavy atom. The van der Waals surface area contributed by atoms with Crippen LogP contribution in [0.4, 0.5) is 5.69 Å². The van der Waals surface area contributed by atoms with E-state index >= 15 is 0 Å². The summed E-state index contributed by atoms with van der Waals surface area (Å²) in [6.45, 7) is 17.6. The molecule has 0 aliphatic carbocycles. The predicted octanol–water partition coefficient (Wildman–Crippen LogP) is 8.12. The second kappa shape index (κ2) is 12.0. The fourth-order valence-electron chi connectivity index (χ4n) is 5.41. The van der Waals surface area contributed by atoms with Crippen LogP contribution in [0, 0.1) is 19.3 Å². The summed E-state index contributed by atoms with van der Waals surface area (Å²) >= 11 is 6.46. The summed E-state index contributed by atoms with van der Waals surface area (Å²) in [6, 6.07) is 9.58. The molecule has 1 N–H and O–H groups in total. The van der Waals surface area contributed by atoms with Gasteiger partial charge in [-0.2, -0.15) is 0 Å². The minimum absolute atomic E-state index is 0.226. The van der Waals surface area contributed by atoms with Gasteiger partial charge in [0.15, 0.2) is 6.10 Å². The third-order valence-electron chi connectivity index (χ3n) is 7.70. The van der Waals surface area contributed by atoms with E-state index in [2.05, 4.69) is 28.7 Å². The number of rotatable bonds is 8. The molecule has 0 radical (unpaired) electrons. The van der Waals surface area contributed by atoms with Crippen molar-refractivity contribution in [3.8, 4) is 17.0 Å². The number of aromatic nitrogens is 2. The fourth-order valence-corrected chi connectivity index (χ4v) is 5.78. The van der Waals surface area contributed by atoms with Gasteiger partial charge in [-0.3, -0.25) is 4.98 Å². The highest BCUT2D eigenvalue weighted by atomic mass is 35.5. The van der Waals surface area contributed by atoms with Crippen LogP contribution in [0.3, 0.4) is 0 Å². The van der Waals surface area contributed by atoms with Gasteiger partial charge in [-0.05, 0) is 77.5 Å². The summed E-state index contributed by atoms with van der Waals surface area (Å²) in [5.74, 6) is -0.562. The van der Waals surface area contributed by atoms with E-state index in [9.17, 15) is 9.90 Å². The van der Waals surface area contributed by atoms with Crippen molar-refractivity contribution in [2.75, 3.05) is 18.0 Å². The number of ether oxygens (including phenoxy) is 2. The topological polar surface area (TPSA) is 84.8 Å². The van der Waals surface area contributed by atoms with Crippen LogP contribution in [0.25, 0.3) is 11.1 Å². The number of aliphatic carboxylic acids is 1. The minimum atomic E-state index is -1.16. The maximum atomic E-state index is 12.6. The van der Waals surface area contributed by atoms with Crippen LogP contribution in [0.15, 0.2) is 42.7 Å². The molecule has 2 atom stereocenters. The second-order valence-corrected chi connectivity index (χ2v) is 13.1. The lowest BCUT2D eigenvalue weighted by Crippen LogP contribution is -2.39. The molecule has 0 amide bonds. The number of carbonyl (C=O) groups is 1. The number of pyridine rings is 2. The summed E-state index contributed by atoms with van der Waals surface area (Å²) in [7, 11) is 0. The van der Waals surface area contributed by atoms with Gasteiger partial charge < -0.3 is 19.5 Å². The lowest BCUT2D eigenvalue weighted by Gasteiger charge is -2.40. The Bertz CT molecular complexity index is 1370. The van der Waals surface area contributed by atoms with Gasteiger partial charge in [0, 0.05) is 64.5 Å². The van der Waals surface area contributed by atoms with Crippen LogP contribution < -0.4 is 9.64 Å². The van der Waals surface area contributed by atoms with Gasteiger partial charge in [-0.1, -0.05) is 37.6 Å². The summed E-state index contributed by atoms with van der Waals surface area (Å²) in [5, 5.41) is 11.0. The molecule has 3 aromatic rings. The Labute approximate surface area is 248 Å². The molecule has 7 nitrogen and oxygen atoms in total. The van der Waals surface area contributed by atoms with Gasteiger partial charge in [-0.25, -0.2) is 9.78 Å². The molecule has 8 heteroatoms. The normalized spacial score (nSPS) is 16.8. The highest BCUT2D eigenvalue weighted by Gasteiger charge is 2.35. The number of anilines is 1. The standard InChI is InChI=1S/C33H42ClN3O4/c1-20-10-9-11-25(34)27(20)22(3)40-26-13-12-23(18-36-26)24-19-35-21(2)28(30(31(38)39)41-32(4,5)6)29(24)37-16-14-33(7,8)15-17-37/h9-13,18-19,22,30H,14-17H2,1-8H3,(H,38,39). The van der Waals surface area contributed by atoms with Crippen molar-refractivity contribution in [1.29, 1.82) is 0 Å². The van der Waals surface area contributed by atoms with Gasteiger partial charge in [0.2, 0.25) is 5.88 Å². The molecule has 0 saturated carbocycles. The molecular weight excluding hydrogens is 538 g/mol. The smallest absolute Gasteiger partial charge is 0.337 e. The number of benzene rings is 1. The second-order valence-electron chi connectivity index (χ2n) is 12.7. The van der Waals surface area contributed by atoms with Gasteiger partial charge >= 0.3 is 5.97 Å². The maximum Gasteiger partial charge on any atom is 0.337 e. The van der Waals surface area contributed by atoms with Crippen LogP contribution in [-0.4, -0.2) is 39.7 Å². The van der Waals surface area contributed by atoms with E-state index in [1.807, 2.05) is 78.1 Å². The highest BCUT2D eigenvalue weighted by Crippen LogP contribution is 2.43. The number of hydrogen-bond acceptors (Lipinski definition) is 6. The van der Waals surface area contributed by atoms with Crippen molar-refractivity contribution in [2.24, 2.45) is 5.41 Å². The van der Waals surface area contributed by atoms with E-state index < -0.39 is 17.7 Å². The first kappa shape index (κ1) is 30.8. The Kier molecular flexibility index (Phi) is 9.00.